The van der Waals surface area contributed by atoms with E-state index in [0.29, 0.717) is 26.0 Å². The molecule has 0 fully saturated rings. The number of fused-ring (bicyclic) bond motifs is 1. The molecule has 2 atom stereocenters. The quantitative estimate of drug-likeness (QED) is 0.896. The van der Waals surface area contributed by atoms with Crippen molar-refractivity contribution in [3.05, 3.63) is 35.4 Å². The zero-order chi connectivity index (χ0) is 15.4. The van der Waals surface area contributed by atoms with Crippen LogP contribution >= 0.6 is 0 Å². The van der Waals surface area contributed by atoms with E-state index in [9.17, 15) is 14.7 Å². The van der Waals surface area contributed by atoms with Crippen LogP contribution in [0.1, 0.15) is 24.5 Å². The van der Waals surface area contributed by atoms with Gasteiger partial charge in [0.25, 0.3) is 0 Å². The smallest absolute Gasteiger partial charge is 0.326 e. The highest BCUT2D eigenvalue weighted by Gasteiger charge is 2.34. The van der Waals surface area contributed by atoms with E-state index in [1.165, 1.54) is 4.90 Å². The van der Waals surface area contributed by atoms with E-state index >= 15 is 0 Å². The lowest BCUT2D eigenvalue weighted by atomic mass is 9.93. The number of methoxy groups -OCH3 is 1. The molecule has 1 aliphatic heterocycles. The Morgan fingerprint density at radius 3 is 2.67 bits per heavy atom. The van der Waals surface area contributed by atoms with Crippen LogP contribution < -0.4 is 0 Å². The monoisotopic (exact) mass is 291 g/mol. The van der Waals surface area contributed by atoms with Gasteiger partial charge in [0.15, 0.2) is 0 Å². The average molecular weight is 291 g/mol. The first-order chi connectivity index (χ1) is 10.0. The lowest BCUT2D eigenvalue weighted by Gasteiger charge is -2.35. The number of nitrogens with zero attached hydrogens (tertiary/aromatic N) is 1. The van der Waals surface area contributed by atoms with Gasteiger partial charge in [-0.15, -0.1) is 0 Å². The van der Waals surface area contributed by atoms with Crippen LogP contribution in [0.4, 0.5) is 0 Å². The van der Waals surface area contributed by atoms with Gasteiger partial charge in [0.1, 0.15) is 6.04 Å². The van der Waals surface area contributed by atoms with Gasteiger partial charge in [-0.25, -0.2) is 4.79 Å². The molecule has 5 nitrogen and oxygen atoms in total. The van der Waals surface area contributed by atoms with E-state index in [1.54, 1.807) is 7.11 Å². The third-order valence-corrected chi connectivity index (χ3v) is 3.83. The third kappa shape index (κ3) is 3.61. The molecule has 1 amide bonds. The molecule has 0 radical (unpaired) electrons. The summed E-state index contributed by atoms with van der Waals surface area (Å²) in [4.78, 5) is 25.4. The largest absolute Gasteiger partial charge is 0.480 e. The number of hydrogen-bond donors (Lipinski definition) is 1. The number of hydrogen-bond acceptors (Lipinski definition) is 3. The topological polar surface area (TPSA) is 66.8 Å². The minimum Gasteiger partial charge on any atom is -0.480 e. The van der Waals surface area contributed by atoms with Gasteiger partial charge in [-0.05, 0) is 17.0 Å². The van der Waals surface area contributed by atoms with Crippen molar-refractivity contribution in [1.29, 1.82) is 0 Å². The summed E-state index contributed by atoms with van der Waals surface area (Å²) in [6.07, 6.45) is 0.676. The second-order valence-electron chi connectivity index (χ2n) is 5.61. The molecule has 1 unspecified atom stereocenters. The van der Waals surface area contributed by atoms with E-state index in [2.05, 4.69) is 0 Å². The molecule has 1 N–H and O–H groups in total. The standard InChI is InChI=1S/C16H21NO4/c1-11(10-21-2)7-15(18)17-9-13-6-4-3-5-12(13)8-14(17)16(19)20/h3-6,11,14H,7-10H2,1-2H3,(H,19,20)/t11?,14-/m1/s1. The second-order valence-corrected chi connectivity index (χ2v) is 5.61. The molecule has 2 rings (SSSR count). The van der Waals surface area contributed by atoms with Gasteiger partial charge < -0.3 is 14.7 Å². The van der Waals surface area contributed by atoms with Crippen molar-refractivity contribution in [3.8, 4) is 0 Å². The van der Waals surface area contributed by atoms with Crippen LogP contribution in [0.5, 0.6) is 0 Å². The van der Waals surface area contributed by atoms with Crippen molar-refractivity contribution in [1.82, 2.24) is 4.90 Å². The average Bonchev–Trinajstić information content (AvgIpc) is 2.45. The van der Waals surface area contributed by atoms with Crippen molar-refractivity contribution in [3.63, 3.8) is 0 Å². The number of carbonyl (C=O) groups is 2. The number of rotatable bonds is 5. The Hall–Kier alpha value is -1.88. The Balaban J connectivity index is 2.16. The number of carbonyl (C=O) groups excluding carboxylic acids is 1. The molecule has 1 aromatic rings. The first-order valence-corrected chi connectivity index (χ1v) is 7.11. The Kier molecular flexibility index (Phi) is 4.96. The summed E-state index contributed by atoms with van der Waals surface area (Å²) in [6, 6.07) is 6.92. The van der Waals surface area contributed by atoms with E-state index in [0.717, 1.165) is 11.1 Å². The van der Waals surface area contributed by atoms with Crippen LogP contribution in [0.15, 0.2) is 24.3 Å². The zero-order valence-electron chi connectivity index (χ0n) is 12.4. The van der Waals surface area contributed by atoms with Gasteiger partial charge in [-0.3, -0.25) is 4.79 Å². The van der Waals surface area contributed by atoms with Crippen LogP contribution in [-0.4, -0.2) is 41.6 Å². The normalized spacial score (nSPS) is 19.0. The molecule has 114 valence electrons. The molecular formula is C16H21NO4. The van der Waals surface area contributed by atoms with E-state index < -0.39 is 12.0 Å². The van der Waals surface area contributed by atoms with Gasteiger partial charge in [0, 0.05) is 33.1 Å². The Morgan fingerprint density at radius 2 is 2.05 bits per heavy atom. The Labute approximate surface area is 124 Å². The van der Waals surface area contributed by atoms with Crippen molar-refractivity contribution in [2.75, 3.05) is 13.7 Å². The van der Waals surface area contributed by atoms with Crippen molar-refractivity contribution < 1.29 is 19.4 Å². The van der Waals surface area contributed by atoms with Crippen molar-refractivity contribution in [2.24, 2.45) is 5.92 Å². The van der Waals surface area contributed by atoms with E-state index in [4.69, 9.17) is 4.74 Å². The maximum absolute atomic E-state index is 12.4. The Morgan fingerprint density at radius 1 is 1.38 bits per heavy atom. The summed E-state index contributed by atoms with van der Waals surface area (Å²) < 4.78 is 5.04. The fraction of sp³-hybridized carbons (Fsp3) is 0.500. The number of ether oxygens (including phenoxy) is 1. The van der Waals surface area contributed by atoms with E-state index in [1.807, 2.05) is 31.2 Å². The molecule has 0 saturated heterocycles. The second kappa shape index (κ2) is 6.72. The predicted molar refractivity (Wildman–Crippen MR) is 77.8 cm³/mol. The summed E-state index contributed by atoms with van der Waals surface area (Å²) in [5, 5.41) is 9.40. The van der Waals surface area contributed by atoms with Crippen LogP contribution in [0, 0.1) is 5.92 Å². The number of amides is 1. The highest BCUT2D eigenvalue weighted by molar-refractivity contribution is 5.84. The molecule has 21 heavy (non-hydrogen) atoms. The van der Waals surface area contributed by atoms with Crippen LogP contribution in [0.25, 0.3) is 0 Å². The third-order valence-electron chi connectivity index (χ3n) is 3.83. The number of carboxylic acids is 1. The number of aliphatic carboxylic acids is 1. The summed E-state index contributed by atoms with van der Waals surface area (Å²) in [5.41, 5.74) is 2.04. The molecule has 1 aromatic carbocycles. The lowest BCUT2D eigenvalue weighted by Crippen LogP contribution is -2.49. The van der Waals surface area contributed by atoms with Crippen molar-refractivity contribution in [2.45, 2.75) is 32.4 Å². The van der Waals surface area contributed by atoms with Gasteiger partial charge >= 0.3 is 5.97 Å². The summed E-state index contributed by atoms with van der Waals surface area (Å²) >= 11 is 0. The highest BCUT2D eigenvalue weighted by Crippen LogP contribution is 2.24. The maximum Gasteiger partial charge on any atom is 0.326 e. The first-order valence-electron chi connectivity index (χ1n) is 7.11. The molecule has 0 aromatic heterocycles. The van der Waals surface area contributed by atoms with Crippen LogP contribution in [0.3, 0.4) is 0 Å². The minimum absolute atomic E-state index is 0.0779. The maximum atomic E-state index is 12.4. The highest BCUT2D eigenvalue weighted by atomic mass is 16.5. The molecular weight excluding hydrogens is 270 g/mol. The van der Waals surface area contributed by atoms with Crippen molar-refractivity contribution >= 4 is 11.9 Å². The van der Waals surface area contributed by atoms with Gasteiger partial charge in [0.05, 0.1) is 0 Å². The summed E-state index contributed by atoms with van der Waals surface area (Å²) in [7, 11) is 1.60. The summed E-state index contributed by atoms with van der Waals surface area (Å²) in [6.45, 7) is 2.79. The first kappa shape index (κ1) is 15.5. The lowest BCUT2D eigenvalue weighted by molar-refractivity contribution is -0.152. The Bertz CT molecular complexity index is 529. The minimum atomic E-state index is -0.947. The number of carboxylic acid groups (broad SMARTS) is 1. The summed E-state index contributed by atoms with van der Waals surface area (Å²) in [5.74, 6) is -0.993. The molecule has 0 bridgehead atoms. The SMILES string of the molecule is COCC(C)CC(=O)N1Cc2ccccc2C[C@@H]1C(=O)O. The fourth-order valence-corrected chi connectivity index (χ4v) is 2.76. The molecule has 0 aliphatic carbocycles. The predicted octanol–water partition coefficient (Wildman–Crippen LogP) is 1.70. The number of benzene rings is 1. The molecule has 1 aliphatic rings. The molecule has 1 heterocycles. The van der Waals surface area contributed by atoms with E-state index in [-0.39, 0.29) is 11.8 Å². The fourth-order valence-electron chi connectivity index (χ4n) is 2.76. The zero-order valence-corrected chi connectivity index (χ0v) is 12.4. The van der Waals surface area contributed by atoms with Gasteiger partial charge in [-0.1, -0.05) is 31.2 Å². The van der Waals surface area contributed by atoms with Gasteiger partial charge in [-0.2, -0.15) is 0 Å². The van der Waals surface area contributed by atoms with Gasteiger partial charge in [0.2, 0.25) is 5.91 Å². The molecule has 0 saturated carbocycles. The van der Waals surface area contributed by atoms with Crippen LogP contribution in [0.2, 0.25) is 0 Å². The van der Waals surface area contributed by atoms with Crippen LogP contribution in [-0.2, 0) is 27.3 Å². The molecule has 0 spiro atoms. The molecule has 5 heteroatoms.